The van der Waals surface area contributed by atoms with E-state index < -0.39 is 0 Å². The molecule has 0 aliphatic rings. The van der Waals surface area contributed by atoms with Crippen molar-refractivity contribution in [3.05, 3.63) is 24.2 Å². The largest absolute Gasteiger partial charge is 0.468 e. The molecule has 0 aliphatic heterocycles. The maximum atomic E-state index is 6.11. The first-order valence-corrected chi connectivity index (χ1v) is 6.74. The summed E-state index contributed by atoms with van der Waals surface area (Å²) in [5.41, 5.74) is 6.11. The number of rotatable bonds is 8. The first-order valence-electron chi connectivity index (χ1n) is 5.69. The summed E-state index contributed by atoms with van der Waals surface area (Å²) in [6.07, 6.45) is 3.72. The smallest absolute Gasteiger partial charge is 0.118 e. The number of nitrogens with two attached hydrogens (primary N) is 1. The van der Waals surface area contributed by atoms with Gasteiger partial charge in [0.05, 0.1) is 11.5 Å². The lowest BCUT2D eigenvalue weighted by molar-refractivity contribution is 0.200. The highest BCUT2D eigenvalue weighted by atomic mass is 32.2. The first-order chi connectivity index (χ1) is 7.79. The van der Waals surface area contributed by atoms with Gasteiger partial charge in [0.15, 0.2) is 0 Å². The lowest BCUT2D eigenvalue weighted by atomic mass is 10.1. The fourth-order valence-electron chi connectivity index (χ4n) is 1.50. The first kappa shape index (κ1) is 13.6. The number of furan rings is 1. The van der Waals surface area contributed by atoms with Crippen molar-refractivity contribution >= 4 is 11.8 Å². The molecule has 0 amide bonds. The highest BCUT2D eigenvalue weighted by Gasteiger charge is 2.21. The molecule has 2 N–H and O–H groups in total. The summed E-state index contributed by atoms with van der Waals surface area (Å²) in [5, 5.41) is 0.261. The molecule has 0 radical (unpaired) electrons. The predicted octanol–water partition coefficient (Wildman–Crippen LogP) is 2.83. The molecule has 1 rings (SSSR count). The number of hydrogen-bond acceptors (Lipinski definition) is 4. The quantitative estimate of drug-likeness (QED) is 0.713. The number of methoxy groups -OCH3 is 1. The van der Waals surface area contributed by atoms with Crippen molar-refractivity contribution < 1.29 is 9.15 Å². The summed E-state index contributed by atoms with van der Waals surface area (Å²) in [6, 6.07) is 4.07. The van der Waals surface area contributed by atoms with Gasteiger partial charge in [-0.15, -0.1) is 11.8 Å². The van der Waals surface area contributed by atoms with Gasteiger partial charge in [-0.2, -0.15) is 0 Å². The zero-order chi connectivity index (χ0) is 11.8. The minimum absolute atomic E-state index is 0.152. The van der Waals surface area contributed by atoms with E-state index in [1.165, 1.54) is 0 Å². The van der Waals surface area contributed by atoms with Crippen molar-refractivity contribution in [3.63, 3.8) is 0 Å². The van der Waals surface area contributed by atoms with E-state index in [1.54, 1.807) is 13.4 Å². The van der Waals surface area contributed by atoms with Crippen LogP contribution >= 0.6 is 11.8 Å². The van der Waals surface area contributed by atoms with Crippen molar-refractivity contribution in [2.75, 3.05) is 19.5 Å². The molecule has 16 heavy (non-hydrogen) atoms. The number of ether oxygens (including phenoxy) is 1. The fraction of sp³-hybridized carbons (Fsp3) is 0.667. The molecule has 0 saturated carbocycles. The van der Waals surface area contributed by atoms with Gasteiger partial charge in [-0.1, -0.05) is 6.92 Å². The van der Waals surface area contributed by atoms with Gasteiger partial charge < -0.3 is 14.9 Å². The highest BCUT2D eigenvalue weighted by molar-refractivity contribution is 7.99. The van der Waals surface area contributed by atoms with Gasteiger partial charge in [0.2, 0.25) is 0 Å². The minimum atomic E-state index is 0.152. The molecule has 0 spiro atoms. The third-order valence-electron chi connectivity index (χ3n) is 2.47. The number of thioether (sulfide) groups is 1. The van der Waals surface area contributed by atoms with Crippen LogP contribution in [0.25, 0.3) is 0 Å². The Morgan fingerprint density at radius 2 is 2.38 bits per heavy atom. The Balaban J connectivity index is 2.45. The van der Waals surface area contributed by atoms with E-state index in [2.05, 4.69) is 6.92 Å². The van der Waals surface area contributed by atoms with E-state index in [0.29, 0.717) is 0 Å². The maximum Gasteiger partial charge on any atom is 0.118 e. The van der Waals surface area contributed by atoms with E-state index in [1.807, 2.05) is 23.9 Å². The Morgan fingerprint density at radius 3 is 2.94 bits per heavy atom. The lowest BCUT2D eigenvalue weighted by Gasteiger charge is -2.20. The van der Waals surface area contributed by atoms with Crippen molar-refractivity contribution in [2.24, 2.45) is 5.73 Å². The van der Waals surface area contributed by atoms with Gasteiger partial charge in [0.25, 0.3) is 0 Å². The average Bonchev–Trinajstić information content (AvgIpc) is 2.82. The molecule has 0 aliphatic carbocycles. The zero-order valence-electron chi connectivity index (χ0n) is 10.0. The van der Waals surface area contributed by atoms with Gasteiger partial charge in [-0.05, 0) is 30.7 Å². The van der Waals surface area contributed by atoms with Gasteiger partial charge in [0.1, 0.15) is 5.76 Å². The zero-order valence-corrected chi connectivity index (χ0v) is 10.8. The Labute approximate surface area is 102 Å². The van der Waals surface area contributed by atoms with Gasteiger partial charge in [-0.3, -0.25) is 0 Å². The summed E-state index contributed by atoms with van der Waals surface area (Å²) >= 11 is 1.85. The van der Waals surface area contributed by atoms with E-state index >= 15 is 0 Å². The Hall–Kier alpha value is -0.450. The Morgan fingerprint density at radius 1 is 1.56 bits per heavy atom. The standard InChI is InChI=1S/C12H21NO2S/c1-3-10(13)12(11-6-4-8-15-11)16-9-5-7-14-2/h4,6,8,10,12H,3,5,7,9,13H2,1-2H3. The fourth-order valence-corrected chi connectivity index (χ4v) is 2.77. The Bertz CT molecular complexity index is 264. The second-order valence-corrected chi connectivity index (χ2v) is 4.97. The topological polar surface area (TPSA) is 48.4 Å². The van der Waals surface area contributed by atoms with Gasteiger partial charge in [-0.25, -0.2) is 0 Å². The molecule has 0 fully saturated rings. The molecule has 92 valence electrons. The van der Waals surface area contributed by atoms with Crippen LogP contribution in [0, 0.1) is 0 Å². The molecule has 1 heterocycles. The van der Waals surface area contributed by atoms with Crippen molar-refractivity contribution in [3.8, 4) is 0 Å². The normalized spacial score (nSPS) is 14.9. The molecule has 4 heteroatoms. The van der Waals surface area contributed by atoms with Crippen molar-refractivity contribution in [2.45, 2.75) is 31.1 Å². The van der Waals surface area contributed by atoms with Crippen molar-refractivity contribution in [1.29, 1.82) is 0 Å². The monoisotopic (exact) mass is 243 g/mol. The number of hydrogen-bond donors (Lipinski definition) is 1. The lowest BCUT2D eigenvalue weighted by Crippen LogP contribution is -2.25. The second kappa shape index (κ2) is 7.76. The molecule has 1 aromatic rings. The molecule has 0 saturated heterocycles. The van der Waals surface area contributed by atoms with Crippen LogP contribution in [0.4, 0.5) is 0 Å². The van der Waals surface area contributed by atoms with Crippen LogP contribution in [0.1, 0.15) is 30.8 Å². The maximum absolute atomic E-state index is 6.11. The molecular formula is C12H21NO2S. The minimum Gasteiger partial charge on any atom is -0.468 e. The molecule has 0 aromatic carbocycles. The van der Waals surface area contributed by atoms with Crippen LogP contribution in [0.15, 0.2) is 22.8 Å². The van der Waals surface area contributed by atoms with Crippen LogP contribution in [0.2, 0.25) is 0 Å². The SMILES string of the molecule is CCC(N)C(SCCCOC)c1ccco1. The van der Waals surface area contributed by atoms with Crippen molar-refractivity contribution in [1.82, 2.24) is 0 Å². The molecule has 2 atom stereocenters. The van der Waals surface area contributed by atoms with Crippen LogP contribution in [-0.2, 0) is 4.74 Å². The van der Waals surface area contributed by atoms with Crippen LogP contribution in [-0.4, -0.2) is 25.5 Å². The van der Waals surface area contributed by atoms with Gasteiger partial charge >= 0.3 is 0 Å². The molecule has 3 nitrogen and oxygen atoms in total. The van der Waals surface area contributed by atoms with Crippen LogP contribution < -0.4 is 5.73 Å². The third kappa shape index (κ3) is 4.20. The van der Waals surface area contributed by atoms with E-state index in [9.17, 15) is 0 Å². The average molecular weight is 243 g/mol. The molecular weight excluding hydrogens is 222 g/mol. The molecule has 2 unspecified atom stereocenters. The summed E-state index contributed by atoms with van der Waals surface area (Å²) in [7, 11) is 1.73. The van der Waals surface area contributed by atoms with Gasteiger partial charge in [0, 0.05) is 19.8 Å². The van der Waals surface area contributed by atoms with E-state index in [-0.39, 0.29) is 11.3 Å². The Kier molecular flexibility index (Phi) is 6.61. The highest BCUT2D eigenvalue weighted by Crippen LogP contribution is 2.33. The molecule has 0 bridgehead atoms. The summed E-state index contributed by atoms with van der Waals surface area (Å²) in [5.74, 6) is 2.03. The summed E-state index contributed by atoms with van der Waals surface area (Å²) < 4.78 is 10.5. The van der Waals surface area contributed by atoms with E-state index in [0.717, 1.165) is 31.0 Å². The third-order valence-corrected chi connectivity index (χ3v) is 3.94. The van der Waals surface area contributed by atoms with E-state index in [4.69, 9.17) is 14.9 Å². The predicted molar refractivity (Wildman–Crippen MR) is 68.7 cm³/mol. The van der Waals surface area contributed by atoms with Crippen LogP contribution in [0.5, 0.6) is 0 Å². The second-order valence-electron chi connectivity index (χ2n) is 3.73. The summed E-state index contributed by atoms with van der Waals surface area (Å²) in [6.45, 7) is 2.91. The van der Waals surface area contributed by atoms with Crippen LogP contribution in [0.3, 0.4) is 0 Å². The summed E-state index contributed by atoms with van der Waals surface area (Å²) in [4.78, 5) is 0. The molecule has 1 aromatic heterocycles.